The Balaban J connectivity index is 0. The Kier molecular flexibility index (Phi) is 9.49. The molecular formula is C16H23O2Y-. The normalized spacial score (nSPS) is 10.2. The van der Waals surface area contributed by atoms with Crippen molar-refractivity contribution in [3.8, 4) is 5.75 Å². The topological polar surface area (TPSA) is 37.3 Å². The number of allylic oxidation sites excluding steroid dienone is 1. The summed E-state index contributed by atoms with van der Waals surface area (Å²) in [6.45, 7) is 9.51. The zero-order valence-corrected chi connectivity index (χ0v) is 15.6. The van der Waals surface area contributed by atoms with Crippen molar-refractivity contribution >= 4 is 11.9 Å². The molecule has 0 amide bonds. The quantitative estimate of drug-likeness (QED) is 0.669. The minimum atomic E-state index is -0.0137. The average molecular weight is 336 g/mol. The molecule has 1 radical (unpaired) electrons. The number of phenolic OH excluding ortho intramolecular Hbond substituents is 1. The summed E-state index contributed by atoms with van der Waals surface area (Å²) in [6, 6.07) is 2.02. The standard InChI is InChI=1S/C15H20O2.CH3.Y/c1-9(2)14(16)7-6-13-11(4)8-10(3)12(5)15(13)17;;/h6-9,17H,1-5H3;1H3;/q;-1;/b7-6-;;. The van der Waals surface area contributed by atoms with Crippen LogP contribution in [0.2, 0.25) is 0 Å². The molecule has 1 aromatic rings. The Hall–Kier alpha value is -0.466. The van der Waals surface area contributed by atoms with E-state index in [-0.39, 0.29) is 57.6 Å². The summed E-state index contributed by atoms with van der Waals surface area (Å²) in [4.78, 5) is 11.5. The Bertz CT molecular complexity index is 474. The molecule has 1 rings (SSSR count). The van der Waals surface area contributed by atoms with Crippen LogP contribution in [0.15, 0.2) is 12.1 Å². The number of rotatable bonds is 3. The Morgan fingerprint density at radius 2 is 1.74 bits per heavy atom. The molecule has 0 aliphatic rings. The van der Waals surface area contributed by atoms with Gasteiger partial charge in [-0.05, 0) is 49.6 Å². The molecule has 0 aliphatic carbocycles. The molecule has 0 saturated carbocycles. The molecule has 1 N–H and O–H groups in total. The fourth-order valence-electron chi connectivity index (χ4n) is 1.65. The molecule has 3 heteroatoms. The van der Waals surface area contributed by atoms with Gasteiger partial charge in [0.05, 0.1) is 0 Å². The van der Waals surface area contributed by atoms with Gasteiger partial charge in [0, 0.05) is 44.2 Å². The Morgan fingerprint density at radius 1 is 1.21 bits per heavy atom. The number of carbonyl (C=O) groups excluding carboxylic acids is 1. The second-order valence-electron chi connectivity index (χ2n) is 4.79. The minimum absolute atomic E-state index is 0. The number of hydrogen-bond donors (Lipinski definition) is 1. The first-order valence-electron chi connectivity index (χ1n) is 5.86. The first-order chi connectivity index (χ1) is 7.84. The second kappa shape index (κ2) is 8.65. The molecule has 0 spiro atoms. The van der Waals surface area contributed by atoms with E-state index in [4.69, 9.17) is 0 Å². The SMILES string of the molecule is Cc1cc(C)c(/C=C\C(=O)C(C)C)c(O)c1C.[CH3-].[Y]. The number of hydrogen-bond acceptors (Lipinski definition) is 2. The first kappa shape index (κ1) is 20.8. The van der Waals surface area contributed by atoms with Gasteiger partial charge in [0.2, 0.25) is 0 Å². The van der Waals surface area contributed by atoms with Gasteiger partial charge < -0.3 is 12.5 Å². The fourth-order valence-corrected chi connectivity index (χ4v) is 1.65. The van der Waals surface area contributed by atoms with Gasteiger partial charge in [-0.3, -0.25) is 4.79 Å². The van der Waals surface area contributed by atoms with Crippen molar-refractivity contribution in [3.05, 3.63) is 41.8 Å². The van der Waals surface area contributed by atoms with Gasteiger partial charge in [-0.1, -0.05) is 19.9 Å². The fraction of sp³-hybridized carbons (Fsp3) is 0.375. The summed E-state index contributed by atoms with van der Waals surface area (Å²) >= 11 is 0. The maximum atomic E-state index is 11.5. The largest absolute Gasteiger partial charge is 0.507 e. The van der Waals surface area contributed by atoms with Gasteiger partial charge in [0.25, 0.3) is 0 Å². The molecule has 0 bridgehead atoms. The van der Waals surface area contributed by atoms with Crippen LogP contribution in [0.3, 0.4) is 0 Å². The zero-order valence-electron chi connectivity index (χ0n) is 12.7. The smallest absolute Gasteiger partial charge is 0.158 e. The summed E-state index contributed by atoms with van der Waals surface area (Å²) in [5, 5.41) is 10.0. The molecule has 0 aliphatic heterocycles. The van der Waals surface area contributed by atoms with Crippen molar-refractivity contribution < 1.29 is 42.6 Å². The van der Waals surface area contributed by atoms with Crippen molar-refractivity contribution in [2.75, 3.05) is 0 Å². The van der Waals surface area contributed by atoms with Crippen LogP contribution in [0, 0.1) is 34.1 Å². The average Bonchev–Trinajstić information content (AvgIpc) is 2.25. The molecule has 0 aromatic heterocycles. The number of benzene rings is 1. The van der Waals surface area contributed by atoms with Crippen molar-refractivity contribution in [1.29, 1.82) is 0 Å². The van der Waals surface area contributed by atoms with Crippen LogP contribution in [0.5, 0.6) is 5.75 Å². The molecule has 0 heterocycles. The number of aromatic hydroxyl groups is 1. The zero-order chi connectivity index (χ0) is 13.2. The van der Waals surface area contributed by atoms with Gasteiger partial charge in [-0.2, -0.15) is 0 Å². The van der Waals surface area contributed by atoms with Gasteiger partial charge >= 0.3 is 0 Å². The Labute approximate surface area is 142 Å². The maximum Gasteiger partial charge on any atom is 0.158 e. The third kappa shape index (κ3) is 5.20. The summed E-state index contributed by atoms with van der Waals surface area (Å²) in [5.74, 6) is 0.331. The molecule has 103 valence electrons. The van der Waals surface area contributed by atoms with Gasteiger partial charge in [0.1, 0.15) is 5.75 Å². The predicted molar refractivity (Wildman–Crippen MR) is 77.6 cm³/mol. The van der Waals surface area contributed by atoms with Gasteiger partial charge in [0.15, 0.2) is 5.78 Å². The summed E-state index contributed by atoms with van der Waals surface area (Å²) in [5.41, 5.74) is 3.65. The van der Waals surface area contributed by atoms with Crippen LogP contribution in [0.25, 0.3) is 6.08 Å². The number of phenols is 1. The third-order valence-corrected chi connectivity index (χ3v) is 3.04. The van der Waals surface area contributed by atoms with Crippen LogP contribution in [-0.4, -0.2) is 10.9 Å². The van der Waals surface area contributed by atoms with Crippen molar-refractivity contribution in [2.45, 2.75) is 34.6 Å². The van der Waals surface area contributed by atoms with E-state index in [0.29, 0.717) is 0 Å². The van der Waals surface area contributed by atoms with Gasteiger partial charge in [-0.25, -0.2) is 0 Å². The molecule has 0 fully saturated rings. The van der Waals surface area contributed by atoms with E-state index in [1.807, 2.05) is 40.7 Å². The molecular weight excluding hydrogens is 313 g/mol. The summed E-state index contributed by atoms with van der Waals surface area (Å²) < 4.78 is 0. The second-order valence-corrected chi connectivity index (χ2v) is 4.79. The van der Waals surface area contributed by atoms with Crippen molar-refractivity contribution in [3.63, 3.8) is 0 Å². The maximum absolute atomic E-state index is 11.5. The molecule has 19 heavy (non-hydrogen) atoms. The molecule has 1 aromatic carbocycles. The van der Waals surface area contributed by atoms with Crippen LogP contribution in [0.4, 0.5) is 0 Å². The monoisotopic (exact) mass is 336 g/mol. The predicted octanol–water partition coefficient (Wildman–Crippen LogP) is 4.00. The van der Waals surface area contributed by atoms with Gasteiger partial charge in [-0.15, -0.1) is 0 Å². The molecule has 2 nitrogen and oxygen atoms in total. The van der Waals surface area contributed by atoms with E-state index in [9.17, 15) is 9.90 Å². The molecule has 0 atom stereocenters. The summed E-state index contributed by atoms with van der Waals surface area (Å²) in [7, 11) is 0. The van der Waals surface area contributed by atoms with Crippen LogP contribution >= 0.6 is 0 Å². The minimum Gasteiger partial charge on any atom is -0.507 e. The molecule has 0 unspecified atom stereocenters. The third-order valence-electron chi connectivity index (χ3n) is 3.04. The number of aryl methyl sites for hydroxylation is 2. The van der Waals surface area contributed by atoms with E-state index in [2.05, 4.69) is 0 Å². The van der Waals surface area contributed by atoms with Crippen molar-refractivity contribution in [1.82, 2.24) is 0 Å². The van der Waals surface area contributed by atoms with E-state index in [1.165, 1.54) is 0 Å². The summed E-state index contributed by atoms with van der Waals surface area (Å²) in [6.07, 6.45) is 3.25. The van der Waals surface area contributed by atoms with E-state index < -0.39 is 0 Å². The molecule has 0 saturated heterocycles. The van der Waals surface area contributed by atoms with Crippen LogP contribution < -0.4 is 0 Å². The first-order valence-corrected chi connectivity index (χ1v) is 5.86. The number of ketones is 1. The van der Waals surface area contributed by atoms with E-state index in [1.54, 1.807) is 12.2 Å². The Morgan fingerprint density at radius 3 is 2.21 bits per heavy atom. The van der Waals surface area contributed by atoms with E-state index in [0.717, 1.165) is 22.3 Å². The van der Waals surface area contributed by atoms with Crippen LogP contribution in [-0.2, 0) is 37.5 Å². The number of carbonyl (C=O) groups is 1. The van der Waals surface area contributed by atoms with Crippen LogP contribution in [0.1, 0.15) is 36.1 Å². The van der Waals surface area contributed by atoms with Crippen molar-refractivity contribution in [2.24, 2.45) is 5.92 Å². The van der Waals surface area contributed by atoms with E-state index >= 15 is 0 Å².